The molecule has 0 fully saturated rings. The average molecular weight is 417 g/mol. The molecule has 1 aliphatic carbocycles. The zero-order valence-electron chi connectivity index (χ0n) is 18.0. The number of hydroxylamine groups is 1. The van der Waals surface area contributed by atoms with Crippen LogP contribution in [0.15, 0.2) is 84.1 Å². The zero-order chi connectivity index (χ0) is 21.3. The highest BCUT2D eigenvalue weighted by Gasteiger charge is 2.17. The van der Waals surface area contributed by atoms with E-state index < -0.39 is 6.10 Å². The number of hydrogen-bond donors (Lipinski definition) is 2. The lowest BCUT2D eigenvalue weighted by atomic mass is 9.97. The summed E-state index contributed by atoms with van der Waals surface area (Å²) in [6.07, 6.45) is 10.4. The van der Waals surface area contributed by atoms with Gasteiger partial charge in [-0.3, -0.25) is 15.2 Å². The molecule has 0 radical (unpaired) electrons. The van der Waals surface area contributed by atoms with Gasteiger partial charge >= 0.3 is 0 Å². The molecule has 1 aliphatic heterocycles. The molecular weight excluding hydrogens is 384 g/mol. The zero-order valence-corrected chi connectivity index (χ0v) is 18.0. The standard InChI is InChI=1S/C27H32N2O2/c30-26(20-29-17-15-24(16-18-29)23-11-5-2-6-12-23)21-31-28-27-14-8-7-13-25(27)19-22-9-3-1-4-10-22/h1-6,9-12,14-15,19,26,28,30H,7-8,13,16-18,20-21H2/t26-/m0/s1. The molecule has 2 aromatic rings. The number of nitrogens with zero attached hydrogens (tertiary/aromatic N) is 1. The molecule has 0 bridgehead atoms. The van der Waals surface area contributed by atoms with Gasteiger partial charge in [0.25, 0.3) is 0 Å². The first-order valence-corrected chi connectivity index (χ1v) is 11.3. The SMILES string of the molecule is O[C@H](CONC1=CCCCC1=Cc1ccccc1)CN1CC=C(c2ccccc2)CC1. The minimum absolute atomic E-state index is 0.266. The van der Waals surface area contributed by atoms with Crippen LogP contribution in [0, 0.1) is 0 Å². The van der Waals surface area contributed by atoms with E-state index >= 15 is 0 Å². The van der Waals surface area contributed by atoms with Crippen LogP contribution in [0.4, 0.5) is 0 Å². The molecule has 31 heavy (non-hydrogen) atoms. The Morgan fingerprint density at radius 2 is 1.77 bits per heavy atom. The first-order valence-electron chi connectivity index (χ1n) is 11.3. The van der Waals surface area contributed by atoms with Gasteiger partial charge in [-0.2, -0.15) is 0 Å². The van der Waals surface area contributed by atoms with Gasteiger partial charge in [0.1, 0.15) is 6.61 Å². The Hall–Kier alpha value is -2.66. The third-order valence-corrected chi connectivity index (χ3v) is 5.85. The smallest absolute Gasteiger partial charge is 0.102 e. The highest BCUT2D eigenvalue weighted by molar-refractivity contribution is 5.66. The predicted octanol–water partition coefficient (Wildman–Crippen LogP) is 4.81. The fraction of sp³-hybridized carbons (Fsp3) is 0.333. The first-order chi connectivity index (χ1) is 15.3. The normalized spacial score (nSPS) is 19.6. The van der Waals surface area contributed by atoms with Gasteiger partial charge in [-0.15, -0.1) is 0 Å². The molecule has 1 atom stereocenters. The molecule has 0 unspecified atom stereocenters. The highest BCUT2D eigenvalue weighted by atomic mass is 16.6. The van der Waals surface area contributed by atoms with E-state index in [0.717, 1.165) is 44.5 Å². The minimum atomic E-state index is -0.523. The van der Waals surface area contributed by atoms with Gasteiger partial charge in [0.2, 0.25) is 0 Å². The second kappa shape index (κ2) is 11.1. The Kier molecular flexibility index (Phi) is 7.72. The Bertz CT molecular complexity index is 919. The lowest BCUT2D eigenvalue weighted by Gasteiger charge is -2.28. The van der Waals surface area contributed by atoms with E-state index in [2.05, 4.69) is 77.1 Å². The molecular formula is C27H32N2O2. The van der Waals surface area contributed by atoms with Crippen LogP contribution in [0.3, 0.4) is 0 Å². The van der Waals surface area contributed by atoms with Crippen LogP contribution >= 0.6 is 0 Å². The van der Waals surface area contributed by atoms with E-state index in [4.69, 9.17) is 4.84 Å². The van der Waals surface area contributed by atoms with E-state index in [1.807, 2.05) is 12.1 Å². The van der Waals surface area contributed by atoms with Crippen LogP contribution < -0.4 is 5.48 Å². The van der Waals surface area contributed by atoms with Crippen molar-refractivity contribution < 1.29 is 9.94 Å². The number of hydrogen-bond acceptors (Lipinski definition) is 4. The van der Waals surface area contributed by atoms with Crippen molar-refractivity contribution in [2.45, 2.75) is 31.8 Å². The first kappa shape index (κ1) is 21.6. The molecule has 162 valence electrons. The highest BCUT2D eigenvalue weighted by Crippen LogP contribution is 2.25. The Balaban J connectivity index is 1.23. The number of aliphatic hydroxyl groups is 1. The van der Waals surface area contributed by atoms with Crippen molar-refractivity contribution in [2.75, 3.05) is 26.2 Å². The van der Waals surface area contributed by atoms with Crippen LogP contribution in [0.5, 0.6) is 0 Å². The summed E-state index contributed by atoms with van der Waals surface area (Å²) >= 11 is 0. The summed E-state index contributed by atoms with van der Waals surface area (Å²) in [5, 5.41) is 10.5. The van der Waals surface area contributed by atoms with Crippen LogP contribution in [0.25, 0.3) is 11.6 Å². The van der Waals surface area contributed by atoms with Gasteiger partial charge in [-0.1, -0.05) is 72.8 Å². The minimum Gasteiger partial charge on any atom is -0.389 e. The van der Waals surface area contributed by atoms with Crippen molar-refractivity contribution >= 4 is 11.6 Å². The van der Waals surface area contributed by atoms with Gasteiger partial charge in [-0.05, 0) is 54.0 Å². The van der Waals surface area contributed by atoms with Crippen LogP contribution in [-0.4, -0.2) is 42.4 Å². The van der Waals surface area contributed by atoms with E-state index in [-0.39, 0.29) is 6.61 Å². The average Bonchev–Trinajstić information content (AvgIpc) is 2.82. The van der Waals surface area contributed by atoms with Crippen molar-refractivity contribution in [3.05, 3.63) is 95.2 Å². The Labute approximate surface area is 185 Å². The molecule has 0 aromatic heterocycles. The molecule has 4 rings (SSSR count). The maximum atomic E-state index is 10.5. The molecule has 0 saturated carbocycles. The second-order valence-electron chi connectivity index (χ2n) is 8.26. The second-order valence-corrected chi connectivity index (χ2v) is 8.26. The molecule has 2 aromatic carbocycles. The molecule has 2 N–H and O–H groups in total. The molecule has 0 spiro atoms. The summed E-state index contributed by atoms with van der Waals surface area (Å²) in [7, 11) is 0. The van der Waals surface area contributed by atoms with Gasteiger partial charge in [0.05, 0.1) is 11.8 Å². The van der Waals surface area contributed by atoms with Gasteiger partial charge in [0, 0.05) is 19.6 Å². The number of benzene rings is 2. The molecule has 2 aliphatic rings. The van der Waals surface area contributed by atoms with Crippen LogP contribution in [-0.2, 0) is 4.84 Å². The van der Waals surface area contributed by atoms with Crippen molar-refractivity contribution in [1.82, 2.24) is 10.4 Å². The fourth-order valence-electron chi connectivity index (χ4n) is 4.17. The summed E-state index contributed by atoms with van der Waals surface area (Å²) in [5.41, 5.74) is 9.26. The van der Waals surface area contributed by atoms with E-state index in [1.54, 1.807) is 0 Å². The molecule has 0 saturated heterocycles. The largest absolute Gasteiger partial charge is 0.389 e. The van der Waals surface area contributed by atoms with Gasteiger partial charge in [0.15, 0.2) is 0 Å². The van der Waals surface area contributed by atoms with E-state index in [0.29, 0.717) is 6.54 Å². The van der Waals surface area contributed by atoms with Gasteiger partial charge < -0.3 is 5.11 Å². The maximum absolute atomic E-state index is 10.5. The van der Waals surface area contributed by atoms with Gasteiger partial charge in [-0.25, -0.2) is 0 Å². The fourth-order valence-corrected chi connectivity index (χ4v) is 4.17. The quantitative estimate of drug-likeness (QED) is 0.606. The lowest BCUT2D eigenvalue weighted by molar-refractivity contribution is -0.0170. The monoisotopic (exact) mass is 416 g/mol. The number of aliphatic hydroxyl groups excluding tert-OH is 1. The molecule has 4 heteroatoms. The molecule has 4 nitrogen and oxygen atoms in total. The van der Waals surface area contributed by atoms with Crippen LogP contribution in [0.2, 0.25) is 0 Å². The Morgan fingerprint density at radius 3 is 2.52 bits per heavy atom. The summed E-state index contributed by atoms with van der Waals surface area (Å²) in [6.45, 7) is 2.71. The summed E-state index contributed by atoms with van der Waals surface area (Å²) in [6, 6.07) is 20.9. The van der Waals surface area contributed by atoms with Crippen molar-refractivity contribution in [2.24, 2.45) is 0 Å². The molecule has 1 heterocycles. The maximum Gasteiger partial charge on any atom is 0.102 e. The summed E-state index contributed by atoms with van der Waals surface area (Å²) in [4.78, 5) is 7.96. The van der Waals surface area contributed by atoms with E-state index in [9.17, 15) is 5.11 Å². The van der Waals surface area contributed by atoms with Crippen molar-refractivity contribution in [3.63, 3.8) is 0 Å². The topological polar surface area (TPSA) is 44.7 Å². The Morgan fingerprint density at radius 1 is 1.00 bits per heavy atom. The lowest BCUT2D eigenvalue weighted by Crippen LogP contribution is -2.38. The predicted molar refractivity (Wildman–Crippen MR) is 127 cm³/mol. The third-order valence-electron chi connectivity index (χ3n) is 5.85. The molecule has 0 amide bonds. The van der Waals surface area contributed by atoms with E-state index in [1.165, 1.54) is 22.3 Å². The summed E-state index contributed by atoms with van der Waals surface area (Å²) in [5.74, 6) is 0. The number of β-amino-alcohol motifs (C(OH)–C–C–N with tert-alkyl or cyclic N) is 1. The number of nitrogens with one attached hydrogen (secondary N) is 1. The van der Waals surface area contributed by atoms with Crippen molar-refractivity contribution in [3.8, 4) is 0 Å². The number of rotatable bonds is 8. The van der Waals surface area contributed by atoms with Crippen LogP contribution in [0.1, 0.15) is 36.8 Å². The van der Waals surface area contributed by atoms with Crippen molar-refractivity contribution in [1.29, 1.82) is 0 Å². The summed E-state index contributed by atoms with van der Waals surface area (Å²) < 4.78 is 0. The number of allylic oxidation sites excluding steroid dienone is 2. The third kappa shape index (κ3) is 6.41.